The highest BCUT2D eigenvalue weighted by Gasteiger charge is 2.14. The normalized spacial score (nSPS) is 11.1. The van der Waals surface area contributed by atoms with Gasteiger partial charge in [-0.15, -0.1) is 0 Å². The predicted octanol–water partition coefficient (Wildman–Crippen LogP) is 6.53. The van der Waals surface area contributed by atoms with Gasteiger partial charge in [0.05, 0.1) is 60.4 Å². The van der Waals surface area contributed by atoms with Gasteiger partial charge >= 0.3 is 11.9 Å². The van der Waals surface area contributed by atoms with Crippen molar-refractivity contribution in [3.63, 3.8) is 0 Å². The van der Waals surface area contributed by atoms with Crippen molar-refractivity contribution in [2.24, 2.45) is 34.6 Å². The second kappa shape index (κ2) is 17.2. The van der Waals surface area contributed by atoms with E-state index in [1.807, 2.05) is 134 Å². The van der Waals surface area contributed by atoms with Gasteiger partial charge < -0.3 is 26.0 Å². The van der Waals surface area contributed by atoms with Crippen LogP contribution in [-0.4, -0.2) is 76.4 Å². The summed E-state index contributed by atoms with van der Waals surface area (Å²) < 4.78 is 10.8. The Bertz CT molecular complexity index is 1980. The lowest BCUT2D eigenvalue weighted by molar-refractivity contribution is -0.657. The number of aromatic nitrogens is 5. The Kier molecular flexibility index (Phi) is 12.1. The molecular formula is C35H43N15O+2. The third-order valence-electron chi connectivity index (χ3n) is 7.29. The van der Waals surface area contributed by atoms with Crippen LogP contribution in [0.3, 0.4) is 0 Å². The summed E-state index contributed by atoms with van der Waals surface area (Å²) in [7, 11) is 11.2. The summed E-state index contributed by atoms with van der Waals surface area (Å²) >= 11 is 0. The van der Waals surface area contributed by atoms with Gasteiger partial charge in [-0.1, -0.05) is 16.8 Å². The topological polar surface area (TPSA) is 161 Å². The van der Waals surface area contributed by atoms with E-state index in [4.69, 9.17) is 4.74 Å². The first-order valence-corrected chi connectivity index (χ1v) is 16.0. The molecule has 0 saturated heterocycles. The molecule has 51 heavy (non-hydrogen) atoms. The molecule has 2 heterocycles. The molecule has 16 heteroatoms. The van der Waals surface area contributed by atoms with Gasteiger partial charge in [-0.05, 0) is 72.8 Å². The Morgan fingerprint density at radius 1 is 0.824 bits per heavy atom. The highest BCUT2D eigenvalue weighted by molar-refractivity contribution is 5.76. The fraction of sp³-hybridized carbons (Fsp3) is 0.229. The van der Waals surface area contributed by atoms with Crippen LogP contribution in [0.2, 0.25) is 0 Å². The van der Waals surface area contributed by atoms with E-state index in [9.17, 15) is 0 Å². The fourth-order valence-electron chi connectivity index (χ4n) is 4.60. The van der Waals surface area contributed by atoms with Crippen LogP contribution in [-0.2, 0) is 18.8 Å². The molecule has 0 radical (unpaired) electrons. The van der Waals surface area contributed by atoms with Gasteiger partial charge in [-0.3, -0.25) is 4.58 Å². The maximum atomic E-state index is 5.18. The summed E-state index contributed by atoms with van der Waals surface area (Å²) in [6.45, 7) is 4.82. The number of guanidine groups is 1. The quantitative estimate of drug-likeness (QED) is 0.0334. The second-order valence-corrected chi connectivity index (χ2v) is 11.5. The van der Waals surface area contributed by atoms with Crippen LogP contribution in [0.15, 0.2) is 118 Å². The van der Waals surface area contributed by atoms with Crippen molar-refractivity contribution in [3.05, 3.63) is 98.0 Å². The molecule has 0 amide bonds. The first-order valence-electron chi connectivity index (χ1n) is 16.0. The molecule has 5 rings (SSSR count). The molecule has 0 bridgehead atoms. The van der Waals surface area contributed by atoms with Crippen molar-refractivity contribution >= 4 is 63.9 Å². The minimum absolute atomic E-state index is 0.363. The van der Waals surface area contributed by atoms with Crippen LogP contribution in [0.5, 0.6) is 0 Å². The number of nitrogens with one attached hydrogen (secondary N) is 4. The minimum atomic E-state index is 0.363. The highest BCUT2D eigenvalue weighted by Crippen LogP contribution is 2.25. The lowest BCUT2D eigenvalue weighted by atomic mass is 10.2. The summed E-state index contributed by atoms with van der Waals surface area (Å²) in [5, 5.41) is 30.5. The first-order chi connectivity index (χ1) is 24.7. The Labute approximate surface area is 297 Å². The molecule has 3 aromatic carbocycles. The second-order valence-electron chi connectivity index (χ2n) is 11.5. The minimum Gasteiger partial charge on any atom is -0.383 e. The van der Waals surface area contributed by atoms with Crippen LogP contribution in [0.1, 0.15) is 0 Å². The van der Waals surface area contributed by atoms with Crippen molar-refractivity contribution in [2.75, 3.05) is 62.7 Å². The molecule has 0 aliphatic carbocycles. The van der Waals surface area contributed by atoms with E-state index in [1.54, 1.807) is 18.2 Å². The summed E-state index contributed by atoms with van der Waals surface area (Å²) in [4.78, 5) is 15.5. The molecule has 0 saturated carbocycles. The van der Waals surface area contributed by atoms with E-state index in [0.29, 0.717) is 42.6 Å². The summed E-state index contributed by atoms with van der Waals surface area (Å²) in [6.07, 6.45) is 5.53. The van der Waals surface area contributed by atoms with Crippen LogP contribution in [0, 0.1) is 0 Å². The molecule has 262 valence electrons. The number of anilines is 7. The van der Waals surface area contributed by atoms with Gasteiger partial charge in [0.1, 0.15) is 11.4 Å². The number of aryl methyl sites for hydroxylation is 2. The van der Waals surface area contributed by atoms with Gasteiger partial charge in [-0.25, -0.2) is 14.0 Å². The largest absolute Gasteiger partial charge is 0.421 e. The molecule has 5 aromatic rings. The number of hydrogen-bond acceptors (Lipinski definition) is 11. The fourth-order valence-corrected chi connectivity index (χ4v) is 4.60. The number of nitrogens with zero attached hydrogens (tertiary/aromatic N) is 11. The summed E-state index contributed by atoms with van der Waals surface area (Å²) in [5.74, 6) is 2.54. The maximum absolute atomic E-state index is 5.18. The Balaban J connectivity index is 1.23. The lowest BCUT2D eigenvalue weighted by Crippen LogP contribution is -2.26. The standard InChI is InChI=1S/C35H41N15O/c1-8-48(4)34(47(2)3)45-43-29-17-13-26(14-18-29)37-25-9-11-27(12-10-25)38-32-40-31(36-21-24-51-7)41-33(42-32)39-28-15-19-30(20-16-28)44-46-35-49(5)22-23-50(35)6/h8-20,22-23H,1,21,24H2,2-7H3,(H2,36,38,40,41,42,43)/p+2. The van der Waals surface area contributed by atoms with Gasteiger partial charge in [0, 0.05) is 46.6 Å². The predicted molar refractivity (Wildman–Crippen MR) is 200 cm³/mol. The van der Waals surface area contributed by atoms with Crippen molar-refractivity contribution in [1.82, 2.24) is 24.4 Å². The monoisotopic (exact) mass is 689 g/mol. The number of methoxy groups -OCH3 is 1. The molecule has 0 aliphatic rings. The number of azo groups is 2. The number of imidazole rings is 1. The number of ether oxygens (including phenoxy) is 1. The van der Waals surface area contributed by atoms with Crippen molar-refractivity contribution in [3.8, 4) is 0 Å². The molecule has 0 fully saturated rings. The number of hydrogen-bond donors (Lipinski definition) is 4. The van der Waals surface area contributed by atoms with E-state index in [-0.39, 0.29) is 0 Å². The van der Waals surface area contributed by atoms with Crippen molar-refractivity contribution in [1.29, 1.82) is 0 Å². The number of rotatable bonds is 14. The zero-order valence-electron chi connectivity index (χ0n) is 29.6. The van der Waals surface area contributed by atoms with Gasteiger partial charge in [0.15, 0.2) is 0 Å². The maximum Gasteiger partial charge on any atom is 0.421 e. The average Bonchev–Trinajstić information content (AvgIpc) is 3.45. The highest BCUT2D eigenvalue weighted by atomic mass is 16.5. The third kappa shape index (κ3) is 10.2. The molecule has 0 atom stereocenters. The van der Waals surface area contributed by atoms with E-state index < -0.39 is 0 Å². The Hall–Kier alpha value is -6.55. The molecule has 16 nitrogen and oxygen atoms in total. The molecule has 0 aliphatic heterocycles. The Morgan fingerprint density at radius 2 is 1.33 bits per heavy atom. The van der Waals surface area contributed by atoms with Gasteiger partial charge in [-0.2, -0.15) is 15.0 Å². The molecule has 0 unspecified atom stereocenters. The molecule has 2 aromatic heterocycles. The molecule has 0 spiro atoms. The van der Waals surface area contributed by atoms with Crippen molar-refractivity contribution < 1.29 is 13.9 Å². The third-order valence-corrected chi connectivity index (χ3v) is 7.29. The smallest absolute Gasteiger partial charge is 0.383 e. The van der Waals surface area contributed by atoms with E-state index >= 15 is 0 Å². The molecule has 4 N–H and O–H groups in total. The summed E-state index contributed by atoms with van der Waals surface area (Å²) in [6, 6.07) is 23.0. The average molecular weight is 690 g/mol. The zero-order chi connectivity index (χ0) is 36.2. The van der Waals surface area contributed by atoms with Gasteiger partial charge in [0.25, 0.3) is 0 Å². The van der Waals surface area contributed by atoms with Crippen LogP contribution < -0.4 is 25.8 Å². The van der Waals surface area contributed by atoms with Crippen LogP contribution >= 0.6 is 0 Å². The van der Waals surface area contributed by atoms with E-state index in [0.717, 1.165) is 34.4 Å². The Morgan fingerprint density at radius 3 is 1.82 bits per heavy atom. The van der Waals surface area contributed by atoms with Gasteiger partial charge in [0.2, 0.25) is 17.8 Å². The van der Waals surface area contributed by atoms with Crippen molar-refractivity contribution in [2.45, 2.75) is 0 Å². The van der Waals surface area contributed by atoms with E-state index in [1.165, 1.54) is 0 Å². The van der Waals surface area contributed by atoms with Crippen LogP contribution in [0.25, 0.3) is 0 Å². The zero-order valence-corrected chi connectivity index (χ0v) is 29.6. The summed E-state index contributed by atoms with van der Waals surface area (Å²) in [5.41, 5.74) is 4.85. The first kappa shape index (κ1) is 35.7. The molecular weight excluding hydrogens is 646 g/mol. The van der Waals surface area contributed by atoms with Crippen LogP contribution in [0.4, 0.5) is 57.9 Å². The van der Waals surface area contributed by atoms with E-state index in [2.05, 4.69) is 63.3 Å². The SMILES string of the molecule is C=CN(C)C(N=Nc1ccc(Nc2ccc(Nc3nc(NCCOC)nc(Nc4ccc(N=Nc5n(C)cc[n+]5C)cc4)n3)cc2)cc1)=[N+](C)C. The lowest BCUT2D eigenvalue weighted by Gasteiger charge is -2.12. The number of benzene rings is 3.